The van der Waals surface area contributed by atoms with E-state index in [4.69, 9.17) is 9.97 Å². The van der Waals surface area contributed by atoms with Crippen LogP contribution in [-0.2, 0) is 5.41 Å². The second-order valence-corrected chi connectivity index (χ2v) is 11.1. The summed E-state index contributed by atoms with van der Waals surface area (Å²) in [6.45, 7) is 4.65. The normalized spacial score (nSPS) is 13.3. The molecule has 1 aliphatic carbocycles. The predicted octanol–water partition coefficient (Wildman–Crippen LogP) is 8.88. The third kappa shape index (κ3) is 3.61. The number of rotatable bonds is 3. The molecule has 4 aromatic carbocycles. The molecule has 41 heavy (non-hydrogen) atoms. The van der Waals surface area contributed by atoms with Crippen molar-refractivity contribution < 1.29 is 0 Å². The molecule has 194 valence electrons. The van der Waals surface area contributed by atoms with E-state index in [0.29, 0.717) is 0 Å². The summed E-state index contributed by atoms with van der Waals surface area (Å²) in [7, 11) is 0. The lowest BCUT2D eigenvalue weighted by molar-refractivity contribution is 0.662. The van der Waals surface area contributed by atoms with Crippen LogP contribution in [0, 0.1) is 0 Å². The third-order valence-electron chi connectivity index (χ3n) is 8.41. The molecule has 0 atom stereocenters. The molecule has 4 heteroatoms. The Bertz CT molecular complexity index is 2100. The first-order valence-electron chi connectivity index (χ1n) is 13.9. The molecule has 0 N–H and O–H groups in total. The second-order valence-electron chi connectivity index (χ2n) is 11.1. The van der Waals surface area contributed by atoms with Crippen LogP contribution in [0.15, 0.2) is 122 Å². The van der Waals surface area contributed by atoms with E-state index in [2.05, 4.69) is 109 Å². The second kappa shape index (κ2) is 8.90. The lowest BCUT2D eigenvalue weighted by Gasteiger charge is -2.25. The highest BCUT2D eigenvalue weighted by Gasteiger charge is 2.39. The summed E-state index contributed by atoms with van der Waals surface area (Å²) in [5.74, 6) is 0. The molecule has 8 rings (SSSR count). The van der Waals surface area contributed by atoms with Crippen molar-refractivity contribution >= 4 is 21.7 Å². The molecule has 7 aromatic rings. The van der Waals surface area contributed by atoms with Crippen molar-refractivity contribution in [3.8, 4) is 45.0 Å². The average Bonchev–Trinajstić information content (AvgIpc) is 3.26. The zero-order valence-electron chi connectivity index (χ0n) is 22.8. The maximum atomic E-state index is 5.30. The lowest BCUT2D eigenvalue weighted by Crippen LogP contribution is -2.16. The van der Waals surface area contributed by atoms with E-state index in [1.54, 1.807) is 12.4 Å². The summed E-state index contributed by atoms with van der Waals surface area (Å²) >= 11 is 0. The van der Waals surface area contributed by atoms with Crippen molar-refractivity contribution in [1.82, 2.24) is 19.9 Å². The summed E-state index contributed by atoms with van der Waals surface area (Å²) in [6.07, 6.45) is 5.39. The Morgan fingerprint density at radius 3 is 2.12 bits per heavy atom. The summed E-state index contributed by atoms with van der Waals surface area (Å²) < 4.78 is 0. The molecule has 0 fully saturated rings. The van der Waals surface area contributed by atoms with Crippen LogP contribution < -0.4 is 0 Å². The Morgan fingerprint density at radius 2 is 1.32 bits per heavy atom. The van der Waals surface area contributed by atoms with Gasteiger partial charge in [0.05, 0.1) is 35.0 Å². The molecule has 1 aliphatic rings. The molecular formula is C37H26N4. The van der Waals surface area contributed by atoms with Gasteiger partial charge in [0.25, 0.3) is 0 Å². The summed E-state index contributed by atoms with van der Waals surface area (Å²) in [5.41, 5.74) is 11.6. The van der Waals surface area contributed by atoms with Gasteiger partial charge in [-0.1, -0.05) is 98.8 Å². The van der Waals surface area contributed by atoms with Gasteiger partial charge in [0.1, 0.15) is 5.69 Å². The molecule has 0 aliphatic heterocycles. The number of hydrogen-bond acceptors (Lipinski definition) is 4. The Balaban J connectivity index is 1.33. The lowest BCUT2D eigenvalue weighted by atomic mass is 9.78. The Kier molecular flexibility index (Phi) is 5.13. The molecule has 0 bridgehead atoms. The fraction of sp³-hybridized carbons (Fsp3) is 0.0811. The van der Waals surface area contributed by atoms with E-state index >= 15 is 0 Å². The number of nitrogens with zero attached hydrogens (tertiary/aromatic N) is 4. The van der Waals surface area contributed by atoms with Gasteiger partial charge in [0, 0.05) is 28.1 Å². The Hall–Kier alpha value is -5.22. The summed E-state index contributed by atoms with van der Waals surface area (Å²) in [5, 5.41) is 3.65. The first-order chi connectivity index (χ1) is 20.1. The van der Waals surface area contributed by atoms with Crippen LogP contribution in [0.5, 0.6) is 0 Å². The number of pyridine rings is 2. The van der Waals surface area contributed by atoms with E-state index in [-0.39, 0.29) is 5.41 Å². The van der Waals surface area contributed by atoms with Gasteiger partial charge in [-0.25, -0.2) is 4.98 Å². The van der Waals surface area contributed by atoms with Gasteiger partial charge in [-0.3, -0.25) is 15.0 Å². The van der Waals surface area contributed by atoms with Crippen LogP contribution in [0.4, 0.5) is 0 Å². The van der Waals surface area contributed by atoms with Crippen molar-refractivity contribution in [3.63, 3.8) is 0 Å². The highest BCUT2D eigenvalue weighted by Crippen LogP contribution is 2.53. The molecule has 0 amide bonds. The van der Waals surface area contributed by atoms with Crippen LogP contribution in [-0.4, -0.2) is 19.9 Å². The largest absolute Gasteiger partial charge is 0.255 e. The number of hydrogen-bond donors (Lipinski definition) is 0. The maximum absolute atomic E-state index is 5.30. The van der Waals surface area contributed by atoms with E-state index in [1.807, 2.05) is 24.4 Å². The number of aromatic nitrogens is 4. The highest BCUT2D eigenvalue weighted by atomic mass is 14.8. The van der Waals surface area contributed by atoms with Crippen LogP contribution in [0.2, 0.25) is 0 Å². The molecule has 4 nitrogen and oxygen atoms in total. The molecule has 0 unspecified atom stereocenters. The fourth-order valence-corrected chi connectivity index (χ4v) is 6.43. The van der Waals surface area contributed by atoms with Crippen molar-refractivity contribution in [3.05, 3.63) is 133 Å². The predicted molar refractivity (Wildman–Crippen MR) is 167 cm³/mol. The van der Waals surface area contributed by atoms with Crippen molar-refractivity contribution in [2.24, 2.45) is 0 Å². The molecule has 0 saturated carbocycles. The van der Waals surface area contributed by atoms with Gasteiger partial charge in [-0.15, -0.1) is 0 Å². The van der Waals surface area contributed by atoms with Gasteiger partial charge in [-0.05, 0) is 51.2 Å². The van der Waals surface area contributed by atoms with Crippen LogP contribution in [0.3, 0.4) is 0 Å². The molecule has 0 spiro atoms. The van der Waals surface area contributed by atoms with Crippen molar-refractivity contribution in [2.45, 2.75) is 19.3 Å². The monoisotopic (exact) mass is 526 g/mol. The van der Waals surface area contributed by atoms with E-state index in [0.717, 1.165) is 33.9 Å². The minimum absolute atomic E-state index is 0.190. The molecular weight excluding hydrogens is 500 g/mol. The SMILES string of the molecule is CC1(C)c2ccccc2-c2nc3ccc4ccccc4c3c(-c3ccc(-c4cnc(-c5ccccn5)cn4)cc3)c21. The molecule has 0 saturated heterocycles. The molecule has 3 heterocycles. The highest BCUT2D eigenvalue weighted by molar-refractivity contribution is 6.15. The Labute approximate surface area is 238 Å². The summed E-state index contributed by atoms with van der Waals surface area (Å²) in [4.78, 5) is 19.0. The Morgan fingerprint density at radius 1 is 0.585 bits per heavy atom. The van der Waals surface area contributed by atoms with Crippen molar-refractivity contribution in [2.75, 3.05) is 0 Å². The van der Waals surface area contributed by atoms with Gasteiger partial charge in [-0.2, -0.15) is 0 Å². The zero-order chi connectivity index (χ0) is 27.6. The topological polar surface area (TPSA) is 51.6 Å². The smallest absolute Gasteiger partial charge is 0.107 e. The van der Waals surface area contributed by atoms with Crippen LogP contribution >= 0.6 is 0 Å². The fourth-order valence-electron chi connectivity index (χ4n) is 6.43. The minimum Gasteiger partial charge on any atom is -0.255 e. The van der Waals surface area contributed by atoms with Crippen LogP contribution in [0.25, 0.3) is 66.7 Å². The first-order valence-corrected chi connectivity index (χ1v) is 13.9. The first kappa shape index (κ1) is 23.6. The number of fused-ring (bicyclic) bond motifs is 6. The quantitative estimate of drug-likeness (QED) is 0.216. The zero-order valence-corrected chi connectivity index (χ0v) is 22.8. The summed E-state index contributed by atoms with van der Waals surface area (Å²) in [6, 6.07) is 36.2. The van der Waals surface area contributed by atoms with E-state index < -0.39 is 0 Å². The minimum atomic E-state index is -0.190. The van der Waals surface area contributed by atoms with Crippen molar-refractivity contribution in [1.29, 1.82) is 0 Å². The molecule has 0 radical (unpaired) electrons. The average molecular weight is 527 g/mol. The number of benzene rings is 4. The maximum Gasteiger partial charge on any atom is 0.107 e. The van der Waals surface area contributed by atoms with E-state index in [1.165, 1.54) is 44.0 Å². The van der Waals surface area contributed by atoms with Crippen LogP contribution in [0.1, 0.15) is 25.0 Å². The van der Waals surface area contributed by atoms with Gasteiger partial charge in [0.15, 0.2) is 0 Å². The third-order valence-corrected chi connectivity index (χ3v) is 8.41. The van der Waals surface area contributed by atoms with Gasteiger partial charge < -0.3 is 0 Å². The van der Waals surface area contributed by atoms with Gasteiger partial charge >= 0.3 is 0 Å². The molecule has 3 aromatic heterocycles. The van der Waals surface area contributed by atoms with Gasteiger partial charge in [0.2, 0.25) is 0 Å². The standard InChI is InChI=1S/C37H26N4/c1-37(2)28-12-6-5-11-27(28)36-35(37)33(34-26-10-4-3-9-23(26)18-19-30(34)41-36)25-16-14-24(15-17-25)31-21-40-32(22-39-31)29-13-7-8-20-38-29/h3-22H,1-2H3. The van der Waals surface area contributed by atoms with E-state index in [9.17, 15) is 0 Å².